The first-order chi connectivity index (χ1) is 9.52. The minimum Gasteiger partial charge on any atom is -0.476 e. The highest BCUT2D eigenvalue weighted by atomic mass is 79.9. The minimum atomic E-state index is -0.321. The number of hydrogen-bond acceptors (Lipinski definition) is 5. The van der Waals surface area contributed by atoms with E-state index in [0.29, 0.717) is 34.2 Å². The Kier molecular flexibility index (Phi) is 4.39. The predicted octanol–water partition coefficient (Wildman–Crippen LogP) is 3.41. The Morgan fingerprint density at radius 3 is 2.85 bits per heavy atom. The van der Waals surface area contributed by atoms with Gasteiger partial charge >= 0.3 is 0 Å². The zero-order valence-electron chi connectivity index (χ0n) is 11.1. The lowest BCUT2D eigenvalue weighted by atomic mass is 10.2. The molecule has 2 rings (SSSR count). The van der Waals surface area contributed by atoms with Gasteiger partial charge in [0.2, 0.25) is 5.88 Å². The smallest absolute Gasteiger partial charge is 0.242 e. The van der Waals surface area contributed by atoms with Gasteiger partial charge in [-0.1, -0.05) is 0 Å². The molecule has 0 spiro atoms. The van der Waals surface area contributed by atoms with Gasteiger partial charge in [-0.2, -0.15) is 4.98 Å². The summed E-state index contributed by atoms with van der Waals surface area (Å²) in [5.74, 6) is 0.424. The first-order valence-corrected chi connectivity index (χ1v) is 6.78. The third-order valence-corrected chi connectivity index (χ3v) is 3.26. The monoisotopic (exact) mass is 340 g/mol. The molecule has 106 valence electrons. The van der Waals surface area contributed by atoms with Crippen LogP contribution in [0.2, 0.25) is 0 Å². The van der Waals surface area contributed by atoms with Crippen LogP contribution >= 0.6 is 15.9 Å². The zero-order valence-corrected chi connectivity index (χ0v) is 12.7. The standard InChI is InChI=1S/C13H14BrFN4O/c1-3-20-13-11(16)12(17-6-18-13)19-10-5-8(14)9(15)4-7(10)2/h4-6H,3,16H2,1-2H3,(H,17,18,19). The average Bonchev–Trinajstić information content (AvgIpc) is 2.40. The van der Waals surface area contributed by atoms with E-state index in [4.69, 9.17) is 10.5 Å². The Morgan fingerprint density at radius 2 is 2.15 bits per heavy atom. The summed E-state index contributed by atoms with van der Waals surface area (Å²) in [6.45, 7) is 4.09. The second kappa shape index (κ2) is 6.04. The largest absolute Gasteiger partial charge is 0.476 e. The molecule has 0 amide bonds. The fraction of sp³-hybridized carbons (Fsp3) is 0.231. The molecule has 0 aliphatic rings. The maximum Gasteiger partial charge on any atom is 0.242 e. The van der Waals surface area contributed by atoms with Gasteiger partial charge in [0.05, 0.1) is 11.1 Å². The first kappa shape index (κ1) is 14.5. The van der Waals surface area contributed by atoms with Crippen LogP contribution in [0, 0.1) is 12.7 Å². The van der Waals surface area contributed by atoms with Gasteiger partial charge in [0.1, 0.15) is 17.8 Å². The minimum absolute atomic E-state index is 0.314. The Balaban J connectivity index is 2.35. The van der Waals surface area contributed by atoms with Gasteiger partial charge in [0.15, 0.2) is 5.82 Å². The molecule has 5 nitrogen and oxygen atoms in total. The van der Waals surface area contributed by atoms with Crippen molar-refractivity contribution in [3.8, 4) is 5.88 Å². The van der Waals surface area contributed by atoms with E-state index in [0.717, 1.165) is 5.56 Å². The fourth-order valence-electron chi connectivity index (χ4n) is 1.64. The van der Waals surface area contributed by atoms with Gasteiger partial charge in [0.25, 0.3) is 0 Å². The van der Waals surface area contributed by atoms with Crippen molar-refractivity contribution in [3.63, 3.8) is 0 Å². The maximum atomic E-state index is 13.4. The van der Waals surface area contributed by atoms with Gasteiger partial charge in [-0.25, -0.2) is 9.37 Å². The van der Waals surface area contributed by atoms with E-state index in [9.17, 15) is 4.39 Å². The SMILES string of the molecule is CCOc1ncnc(Nc2cc(Br)c(F)cc2C)c1N. The van der Waals surface area contributed by atoms with Crippen molar-refractivity contribution in [2.24, 2.45) is 0 Å². The highest BCUT2D eigenvalue weighted by Crippen LogP contribution is 2.31. The molecule has 0 unspecified atom stereocenters. The average molecular weight is 341 g/mol. The summed E-state index contributed by atoms with van der Waals surface area (Å²) >= 11 is 3.15. The number of benzene rings is 1. The van der Waals surface area contributed by atoms with E-state index < -0.39 is 0 Å². The summed E-state index contributed by atoms with van der Waals surface area (Å²) in [5, 5.41) is 3.05. The molecule has 1 aromatic heterocycles. The fourth-order valence-corrected chi connectivity index (χ4v) is 1.98. The lowest BCUT2D eigenvalue weighted by molar-refractivity contribution is 0.328. The summed E-state index contributed by atoms with van der Waals surface area (Å²) in [6, 6.07) is 3.06. The summed E-state index contributed by atoms with van der Waals surface area (Å²) in [7, 11) is 0. The van der Waals surface area contributed by atoms with Crippen molar-refractivity contribution in [3.05, 3.63) is 34.3 Å². The Morgan fingerprint density at radius 1 is 1.40 bits per heavy atom. The third kappa shape index (κ3) is 2.98. The van der Waals surface area contributed by atoms with Gasteiger partial charge in [-0.15, -0.1) is 0 Å². The molecule has 0 aliphatic heterocycles. The van der Waals surface area contributed by atoms with Crippen molar-refractivity contribution in [1.29, 1.82) is 0 Å². The van der Waals surface area contributed by atoms with Crippen molar-refractivity contribution < 1.29 is 9.13 Å². The van der Waals surface area contributed by atoms with Gasteiger partial charge in [-0.3, -0.25) is 0 Å². The van der Waals surface area contributed by atoms with E-state index >= 15 is 0 Å². The number of nitrogens with one attached hydrogen (secondary N) is 1. The van der Waals surface area contributed by atoms with Crippen LogP contribution in [0.4, 0.5) is 21.6 Å². The molecule has 20 heavy (non-hydrogen) atoms. The molecule has 3 N–H and O–H groups in total. The summed E-state index contributed by atoms with van der Waals surface area (Å²) < 4.78 is 19.1. The number of ether oxygens (including phenoxy) is 1. The number of nitrogen functional groups attached to an aromatic ring is 1. The van der Waals surface area contributed by atoms with Crippen LogP contribution in [0.15, 0.2) is 22.9 Å². The summed E-state index contributed by atoms with van der Waals surface area (Å²) in [6.07, 6.45) is 1.36. The second-order valence-electron chi connectivity index (χ2n) is 4.08. The lowest BCUT2D eigenvalue weighted by Crippen LogP contribution is -2.05. The molecule has 1 heterocycles. The van der Waals surface area contributed by atoms with Crippen LogP contribution in [-0.4, -0.2) is 16.6 Å². The van der Waals surface area contributed by atoms with E-state index in [2.05, 4.69) is 31.2 Å². The Labute approximate surface area is 124 Å². The molecule has 0 atom stereocenters. The number of aryl methyl sites for hydroxylation is 1. The lowest BCUT2D eigenvalue weighted by Gasteiger charge is -2.13. The topological polar surface area (TPSA) is 73.1 Å². The van der Waals surface area contributed by atoms with E-state index in [1.165, 1.54) is 12.4 Å². The van der Waals surface area contributed by atoms with Crippen LogP contribution in [0.3, 0.4) is 0 Å². The second-order valence-corrected chi connectivity index (χ2v) is 4.93. The number of rotatable bonds is 4. The summed E-state index contributed by atoms with van der Waals surface area (Å²) in [4.78, 5) is 8.03. The predicted molar refractivity (Wildman–Crippen MR) is 79.7 cm³/mol. The van der Waals surface area contributed by atoms with Crippen LogP contribution in [-0.2, 0) is 0 Å². The van der Waals surface area contributed by atoms with E-state index in [-0.39, 0.29) is 5.82 Å². The van der Waals surface area contributed by atoms with Gasteiger partial charge in [-0.05, 0) is 47.5 Å². The molecule has 7 heteroatoms. The van der Waals surface area contributed by atoms with E-state index in [1.807, 2.05) is 6.92 Å². The van der Waals surface area contributed by atoms with Crippen molar-refractivity contribution in [2.75, 3.05) is 17.7 Å². The highest BCUT2D eigenvalue weighted by Gasteiger charge is 2.11. The van der Waals surface area contributed by atoms with Gasteiger partial charge in [0, 0.05) is 5.69 Å². The maximum absolute atomic E-state index is 13.4. The number of hydrogen-bond donors (Lipinski definition) is 2. The van der Waals surface area contributed by atoms with Crippen LogP contribution in [0.1, 0.15) is 12.5 Å². The molecular weight excluding hydrogens is 327 g/mol. The van der Waals surface area contributed by atoms with Crippen molar-refractivity contribution >= 4 is 33.1 Å². The Bertz CT molecular complexity index is 636. The quantitative estimate of drug-likeness (QED) is 0.892. The third-order valence-electron chi connectivity index (χ3n) is 2.65. The molecule has 1 aromatic carbocycles. The molecule has 0 saturated carbocycles. The molecule has 0 saturated heterocycles. The number of halogens is 2. The first-order valence-electron chi connectivity index (χ1n) is 5.98. The molecular formula is C13H14BrFN4O. The molecule has 0 bridgehead atoms. The van der Waals surface area contributed by atoms with Crippen molar-refractivity contribution in [2.45, 2.75) is 13.8 Å². The number of nitrogens with zero attached hydrogens (tertiary/aromatic N) is 2. The van der Waals surface area contributed by atoms with Gasteiger partial charge < -0.3 is 15.8 Å². The molecule has 0 radical (unpaired) electrons. The number of nitrogens with two attached hydrogens (primary N) is 1. The number of anilines is 3. The Hall–Kier alpha value is -1.89. The van der Waals surface area contributed by atoms with Crippen LogP contribution in [0.5, 0.6) is 5.88 Å². The normalized spacial score (nSPS) is 10.4. The number of aromatic nitrogens is 2. The van der Waals surface area contributed by atoms with Crippen molar-refractivity contribution in [1.82, 2.24) is 9.97 Å². The summed E-state index contributed by atoms with van der Waals surface area (Å²) in [5.41, 5.74) is 7.69. The zero-order chi connectivity index (χ0) is 14.7. The molecule has 0 fully saturated rings. The molecule has 2 aromatic rings. The molecule has 0 aliphatic carbocycles. The highest BCUT2D eigenvalue weighted by molar-refractivity contribution is 9.10. The van der Waals surface area contributed by atoms with E-state index in [1.54, 1.807) is 13.0 Å². The van der Waals surface area contributed by atoms with Crippen LogP contribution in [0.25, 0.3) is 0 Å². The van der Waals surface area contributed by atoms with Crippen LogP contribution < -0.4 is 15.8 Å².